The first kappa shape index (κ1) is 15.2. The maximum absolute atomic E-state index is 10.7. The Morgan fingerprint density at radius 3 is 2.77 bits per heavy atom. The number of pyridine rings is 1. The third-order valence-corrected chi connectivity index (χ3v) is 4.61. The average Bonchev–Trinajstić information content (AvgIpc) is 2.86. The Hall–Kier alpha value is -1.73. The average molecular weight is 321 g/mol. The van der Waals surface area contributed by atoms with Crippen LogP contribution in [0.15, 0.2) is 12.1 Å². The first-order chi connectivity index (χ1) is 10.5. The van der Waals surface area contributed by atoms with Crippen molar-refractivity contribution in [3.8, 4) is 0 Å². The number of carbonyl (C=O) groups is 1. The summed E-state index contributed by atoms with van der Waals surface area (Å²) in [7, 11) is 0. The molecule has 1 saturated heterocycles. The van der Waals surface area contributed by atoms with Gasteiger partial charge in [-0.2, -0.15) is 0 Å². The van der Waals surface area contributed by atoms with Gasteiger partial charge in [-0.05, 0) is 26.0 Å². The fraction of sp³-hybridized carbons (Fsp3) is 0.533. The molecule has 0 saturated carbocycles. The number of rotatable bonds is 4. The van der Waals surface area contributed by atoms with Gasteiger partial charge in [-0.15, -0.1) is 0 Å². The highest BCUT2D eigenvalue weighted by atomic mass is 32.1. The summed E-state index contributed by atoms with van der Waals surface area (Å²) in [5.74, 6) is 0.132. The molecule has 0 aliphatic carbocycles. The maximum Gasteiger partial charge on any atom is 0.303 e. The van der Waals surface area contributed by atoms with Crippen LogP contribution < -0.4 is 4.90 Å². The molecule has 0 aromatic carbocycles. The number of aliphatic carboxylic acids is 1. The number of hydrogen-bond donors (Lipinski definition) is 1. The number of anilines is 1. The predicted octanol–water partition coefficient (Wildman–Crippen LogP) is 2.32. The van der Waals surface area contributed by atoms with E-state index in [0.717, 1.165) is 34.3 Å². The van der Waals surface area contributed by atoms with Gasteiger partial charge >= 0.3 is 5.97 Å². The molecule has 0 bridgehead atoms. The van der Waals surface area contributed by atoms with Gasteiger partial charge in [0.1, 0.15) is 16.2 Å². The summed E-state index contributed by atoms with van der Waals surface area (Å²) in [6.07, 6.45) is 0.935. The third-order valence-electron chi connectivity index (χ3n) is 3.58. The van der Waals surface area contributed by atoms with Gasteiger partial charge in [0.2, 0.25) is 0 Å². The van der Waals surface area contributed by atoms with Gasteiger partial charge in [-0.1, -0.05) is 11.3 Å². The van der Waals surface area contributed by atoms with Gasteiger partial charge < -0.3 is 14.7 Å². The van der Waals surface area contributed by atoms with E-state index in [9.17, 15) is 4.79 Å². The molecular formula is C15H19N3O3S. The Bertz CT molecular complexity index is 678. The molecule has 2 aromatic rings. The van der Waals surface area contributed by atoms with Crippen LogP contribution in [0.1, 0.15) is 25.3 Å². The van der Waals surface area contributed by atoms with Crippen LogP contribution in [0.4, 0.5) is 5.82 Å². The number of carboxylic acids is 1. The first-order valence-electron chi connectivity index (χ1n) is 7.40. The summed E-state index contributed by atoms with van der Waals surface area (Å²) < 4.78 is 5.75. The largest absolute Gasteiger partial charge is 0.481 e. The SMILES string of the molecule is CC1CN(c2ccc3nc(CCC(=O)O)sc3n2)CC(C)O1. The minimum Gasteiger partial charge on any atom is -0.481 e. The molecule has 0 spiro atoms. The third kappa shape index (κ3) is 3.36. The number of thiazole rings is 1. The molecule has 0 radical (unpaired) electrons. The smallest absolute Gasteiger partial charge is 0.303 e. The van der Waals surface area contributed by atoms with Crippen LogP contribution in [0.5, 0.6) is 0 Å². The molecule has 1 N–H and O–H groups in total. The van der Waals surface area contributed by atoms with Crippen molar-refractivity contribution in [2.24, 2.45) is 0 Å². The van der Waals surface area contributed by atoms with Crippen LogP contribution in [0.2, 0.25) is 0 Å². The first-order valence-corrected chi connectivity index (χ1v) is 8.21. The Morgan fingerprint density at radius 2 is 2.09 bits per heavy atom. The zero-order chi connectivity index (χ0) is 15.7. The lowest BCUT2D eigenvalue weighted by atomic mass is 10.2. The lowest BCUT2D eigenvalue weighted by Crippen LogP contribution is -2.45. The van der Waals surface area contributed by atoms with Crippen LogP contribution >= 0.6 is 11.3 Å². The van der Waals surface area contributed by atoms with Gasteiger partial charge in [-0.25, -0.2) is 9.97 Å². The van der Waals surface area contributed by atoms with E-state index in [1.807, 2.05) is 12.1 Å². The molecule has 3 rings (SSSR count). The predicted molar refractivity (Wildman–Crippen MR) is 85.6 cm³/mol. The highest BCUT2D eigenvalue weighted by Crippen LogP contribution is 2.26. The zero-order valence-electron chi connectivity index (χ0n) is 12.7. The molecule has 1 aliphatic heterocycles. The standard InChI is InChI=1S/C15H19N3O3S/c1-9-7-18(8-10(2)21-9)12-4-3-11-15(17-12)22-13(16-11)5-6-14(19)20/h3-4,9-10H,5-8H2,1-2H3,(H,19,20). The van der Waals surface area contributed by atoms with Gasteiger partial charge in [0.25, 0.3) is 0 Å². The minimum absolute atomic E-state index is 0.102. The van der Waals surface area contributed by atoms with Crippen molar-refractivity contribution in [3.05, 3.63) is 17.1 Å². The lowest BCUT2D eigenvalue weighted by Gasteiger charge is -2.36. The number of ether oxygens (including phenoxy) is 1. The Balaban J connectivity index is 1.81. The molecule has 1 fully saturated rings. The monoisotopic (exact) mass is 321 g/mol. The molecule has 7 heteroatoms. The van der Waals surface area contributed by atoms with Crippen molar-refractivity contribution in [1.29, 1.82) is 0 Å². The van der Waals surface area contributed by atoms with E-state index in [4.69, 9.17) is 14.8 Å². The number of morpholine rings is 1. The molecule has 1 aliphatic rings. The van der Waals surface area contributed by atoms with Crippen molar-refractivity contribution in [1.82, 2.24) is 9.97 Å². The van der Waals surface area contributed by atoms with Crippen LogP contribution in [0.3, 0.4) is 0 Å². The van der Waals surface area contributed by atoms with E-state index in [1.165, 1.54) is 11.3 Å². The van der Waals surface area contributed by atoms with E-state index in [-0.39, 0.29) is 18.6 Å². The van der Waals surface area contributed by atoms with E-state index >= 15 is 0 Å². The Kier molecular flexibility index (Phi) is 4.26. The van der Waals surface area contributed by atoms with Gasteiger partial charge in [0, 0.05) is 19.5 Å². The van der Waals surface area contributed by atoms with Crippen LogP contribution in [-0.4, -0.2) is 46.3 Å². The number of hydrogen-bond acceptors (Lipinski definition) is 6. The fourth-order valence-electron chi connectivity index (χ4n) is 2.71. The Labute approximate surface area is 132 Å². The lowest BCUT2D eigenvalue weighted by molar-refractivity contribution is -0.136. The summed E-state index contributed by atoms with van der Waals surface area (Å²) in [6, 6.07) is 3.94. The number of fused-ring (bicyclic) bond motifs is 1. The number of aryl methyl sites for hydroxylation is 1. The van der Waals surface area contributed by atoms with Crippen LogP contribution in [0, 0.1) is 0 Å². The highest BCUT2D eigenvalue weighted by molar-refractivity contribution is 7.18. The number of aromatic nitrogens is 2. The van der Waals surface area contributed by atoms with Crippen LogP contribution in [-0.2, 0) is 16.0 Å². The second-order valence-electron chi connectivity index (χ2n) is 5.66. The van der Waals surface area contributed by atoms with E-state index < -0.39 is 5.97 Å². The molecule has 118 valence electrons. The van der Waals surface area contributed by atoms with Crippen LogP contribution in [0.25, 0.3) is 10.3 Å². The van der Waals surface area contributed by atoms with Crippen molar-refractivity contribution in [2.75, 3.05) is 18.0 Å². The summed E-state index contributed by atoms with van der Waals surface area (Å²) in [5, 5.41) is 9.58. The second-order valence-corrected chi connectivity index (χ2v) is 6.72. The van der Waals surface area contributed by atoms with Gasteiger partial charge in [-0.3, -0.25) is 4.79 Å². The molecule has 6 nitrogen and oxygen atoms in total. The molecule has 3 heterocycles. The van der Waals surface area contributed by atoms with E-state index in [0.29, 0.717) is 6.42 Å². The van der Waals surface area contributed by atoms with Crippen molar-refractivity contribution in [3.63, 3.8) is 0 Å². The minimum atomic E-state index is -0.802. The molecule has 2 aromatic heterocycles. The maximum atomic E-state index is 10.7. The summed E-state index contributed by atoms with van der Waals surface area (Å²) in [5.41, 5.74) is 0.837. The molecular weight excluding hydrogens is 302 g/mol. The van der Waals surface area contributed by atoms with Crippen molar-refractivity contribution >= 4 is 33.5 Å². The number of nitrogens with zero attached hydrogens (tertiary/aromatic N) is 3. The van der Waals surface area contributed by atoms with E-state index in [2.05, 4.69) is 23.7 Å². The summed E-state index contributed by atoms with van der Waals surface area (Å²) in [6.45, 7) is 5.79. The van der Waals surface area contributed by atoms with Gasteiger partial charge in [0.15, 0.2) is 0 Å². The molecule has 22 heavy (non-hydrogen) atoms. The molecule has 0 amide bonds. The Morgan fingerprint density at radius 1 is 1.36 bits per heavy atom. The fourth-order valence-corrected chi connectivity index (χ4v) is 3.64. The topological polar surface area (TPSA) is 75.6 Å². The summed E-state index contributed by atoms with van der Waals surface area (Å²) in [4.78, 5) is 22.9. The second kappa shape index (κ2) is 6.18. The normalized spacial score (nSPS) is 22.2. The molecule has 2 unspecified atom stereocenters. The van der Waals surface area contributed by atoms with Crippen molar-refractivity contribution in [2.45, 2.75) is 38.9 Å². The van der Waals surface area contributed by atoms with E-state index in [1.54, 1.807) is 0 Å². The highest BCUT2D eigenvalue weighted by Gasteiger charge is 2.23. The van der Waals surface area contributed by atoms with Crippen molar-refractivity contribution < 1.29 is 14.6 Å². The quantitative estimate of drug-likeness (QED) is 0.931. The number of carboxylic acid groups (broad SMARTS) is 1. The zero-order valence-corrected chi connectivity index (χ0v) is 13.5. The van der Waals surface area contributed by atoms with Gasteiger partial charge in [0.05, 0.1) is 23.6 Å². The molecule has 2 atom stereocenters. The summed E-state index contributed by atoms with van der Waals surface area (Å²) >= 11 is 1.48.